The first-order chi connectivity index (χ1) is 12.9. The molecule has 0 spiro atoms. The van der Waals surface area contributed by atoms with E-state index in [9.17, 15) is 0 Å². The van der Waals surface area contributed by atoms with E-state index in [0.29, 0.717) is 0 Å². The van der Waals surface area contributed by atoms with Gasteiger partial charge in [0.1, 0.15) is 5.22 Å². The summed E-state index contributed by atoms with van der Waals surface area (Å²) in [4.78, 5) is 0. The maximum absolute atomic E-state index is 6.70. The van der Waals surface area contributed by atoms with Gasteiger partial charge in [-0.15, -0.1) is 6.58 Å². The summed E-state index contributed by atoms with van der Waals surface area (Å²) in [6.45, 7) is 33.7. The van der Waals surface area contributed by atoms with Crippen LogP contribution in [0.2, 0.25) is 45.8 Å². The third-order valence-corrected chi connectivity index (χ3v) is 19.2. The second kappa shape index (κ2) is 8.47. The molecule has 1 unspecified atom stereocenters. The number of rotatable bonds is 11. The lowest BCUT2D eigenvalue weighted by Gasteiger charge is -2.47. The van der Waals surface area contributed by atoms with Gasteiger partial charge < -0.3 is 17.7 Å². The Morgan fingerprint density at radius 1 is 1.21 bits per heavy atom. The molecule has 1 rings (SSSR count). The van der Waals surface area contributed by atoms with Crippen molar-refractivity contribution in [3.8, 4) is 0 Å². The van der Waals surface area contributed by atoms with Crippen LogP contribution >= 0.6 is 0 Å². The van der Waals surface area contributed by atoms with Crippen LogP contribution in [0.5, 0.6) is 0 Å². The number of hydrogen-bond donors (Lipinski definition) is 0. The van der Waals surface area contributed by atoms with E-state index in [1.54, 1.807) is 0 Å². The highest BCUT2D eigenvalue weighted by molar-refractivity contribution is 6.88. The Bertz CT molecular complexity index is 688. The predicted molar refractivity (Wildman–Crippen MR) is 134 cm³/mol. The molecule has 0 bridgehead atoms. The first kappa shape index (κ1) is 26.4. The average molecular weight is 471 g/mol. The zero-order valence-corrected chi connectivity index (χ0v) is 24.3. The smallest absolute Gasteiger partial charge is 0.281 e. The summed E-state index contributed by atoms with van der Waals surface area (Å²) in [7, 11) is -8.90. The van der Waals surface area contributed by atoms with Gasteiger partial charge in [-0.1, -0.05) is 37.6 Å². The van der Waals surface area contributed by atoms with E-state index in [1.165, 1.54) is 6.26 Å². The summed E-state index contributed by atoms with van der Waals surface area (Å²) >= 11 is 0. The molecule has 4 nitrogen and oxygen atoms in total. The van der Waals surface area contributed by atoms with Crippen molar-refractivity contribution in [1.29, 1.82) is 0 Å². The van der Waals surface area contributed by atoms with Gasteiger partial charge in [0.25, 0.3) is 25.0 Å². The number of hydrogen-bond acceptors (Lipinski definition) is 4. The van der Waals surface area contributed by atoms with Crippen LogP contribution < -0.4 is 0 Å². The molecule has 0 fully saturated rings. The minimum absolute atomic E-state index is 0.337. The highest BCUT2D eigenvalue weighted by atomic mass is 28.4. The van der Waals surface area contributed by atoms with Gasteiger partial charge in [0.05, 0.1) is 16.9 Å². The lowest BCUT2D eigenvalue weighted by Crippen LogP contribution is -2.61. The first-order valence-electron chi connectivity index (χ1n) is 10.3. The van der Waals surface area contributed by atoms with Crippen LogP contribution in [-0.2, 0) is 17.7 Å². The van der Waals surface area contributed by atoms with Gasteiger partial charge in [-0.25, -0.2) is 0 Å². The lowest BCUT2D eigenvalue weighted by atomic mass is 10.3. The average Bonchev–Trinajstić information content (AvgIpc) is 2.92. The van der Waals surface area contributed by atoms with E-state index in [0.717, 1.165) is 11.8 Å². The van der Waals surface area contributed by atoms with E-state index in [-0.39, 0.29) is 5.22 Å². The van der Waals surface area contributed by atoms with Crippen molar-refractivity contribution in [2.75, 3.05) is 0 Å². The summed E-state index contributed by atoms with van der Waals surface area (Å²) in [5, 5.41) is -0.0162. The Hall–Kier alpha value is -0.652. The maximum Gasteiger partial charge on any atom is 0.281 e. The van der Waals surface area contributed by atoms with Gasteiger partial charge in [-0.3, -0.25) is 0 Å². The Morgan fingerprint density at radius 2 is 1.76 bits per heavy atom. The fraction of sp³-hybridized carbons (Fsp3) is 0.619. The van der Waals surface area contributed by atoms with Crippen LogP contribution in [0.15, 0.2) is 48.9 Å². The van der Waals surface area contributed by atoms with Crippen molar-refractivity contribution in [3.63, 3.8) is 0 Å². The van der Waals surface area contributed by atoms with Crippen LogP contribution in [0.3, 0.4) is 0 Å². The SMILES string of the molecule is C=CO[Si](C)(C)[C@@]1(C)C=C[Si](C)(C(=C)O[Si](C)(C)[C@](C)(CC)O[Si](C)(C)C=C)O1. The van der Waals surface area contributed by atoms with E-state index in [2.05, 4.69) is 98.1 Å². The summed E-state index contributed by atoms with van der Waals surface area (Å²) in [5.41, 5.74) is 4.17. The minimum atomic E-state index is -2.44. The molecule has 8 heteroatoms. The maximum atomic E-state index is 6.70. The molecule has 1 heterocycles. The van der Waals surface area contributed by atoms with E-state index < -0.39 is 38.5 Å². The molecule has 0 radical (unpaired) electrons. The Balaban J connectivity index is 3.09. The van der Waals surface area contributed by atoms with Crippen molar-refractivity contribution in [1.82, 2.24) is 0 Å². The molecular formula is C21H42O4Si4. The molecule has 29 heavy (non-hydrogen) atoms. The quantitative estimate of drug-likeness (QED) is 0.263. The van der Waals surface area contributed by atoms with Gasteiger partial charge in [-0.05, 0) is 66.1 Å². The third kappa shape index (κ3) is 5.34. The standard InChI is InChI=1S/C21H42O4Si4/c1-14-20(5,24-26(7,8)16-3)28(11,12)23-19(4)29(13)18-17-21(6,25-29)27(9,10)22-15-2/h15-18H,2-4,14H2,1,5-13H3/t20-,21+,29?/m1/s1. The highest BCUT2D eigenvalue weighted by Gasteiger charge is 2.56. The molecule has 0 amide bonds. The van der Waals surface area contributed by atoms with Gasteiger partial charge in [0.2, 0.25) is 8.32 Å². The third-order valence-electron chi connectivity index (χ3n) is 6.58. The minimum Gasteiger partial charge on any atom is -0.547 e. The van der Waals surface area contributed by atoms with Crippen molar-refractivity contribution in [2.45, 2.75) is 83.5 Å². The van der Waals surface area contributed by atoms with Gasteiger partial charge in [0, 0.05) is 0 Å². The zero-order valence-electron chi connectivity index (χ0n) is 20.3. The summed E-state index contributed by atoms with van der Waals surface area (Å²) in [5.74, 6) is 0. The zero-order chi connectivity index (χ0) is 22.9. The van der Waals surface area contributed by atoms with Crippen LogP contribution in [0.25, 0.3) is 0 Å². The van der Waals surface area contributed by atoms with Crippen LogP contribution in [-0.4, -0.2) is 43.7 Å². The topological polar surface area (TPSA) is 36.9 Å². The molecule has 0 aliphatic carbocycles. The van der Waals surface area contributed by atoms with Crippen LogP contribution in [0, 0.1) is 0 Å². The van der Waals surface area contributed by atoms with Gasteiger partial charge in [-0.2, -0.15) is 0 Å². The molecule has 166 valence electrons. The summed E-state index contributed by atoms with van der Waals surface area (Å²) < 4.78 is 25.9. The lowest BCUT2D eigenvalue weighted by molar-refractivity contribution is 0.128. The first-order valence-corrected chi connectivity index (χ1v) is 21.6. The molecular weight excluding hydrogens is 429 g/mol. The molecule has 0 saturated carbocycles. The van der Waals surface area contributed by atoms with Crippen molar-refractivity contribution >= 4 is 33.3 Å². The molecule has 0 aromatic carbocycles. The Labute approximate surface area is 183 Å². The van der Waals surface area contributed by atoms with Crippen molar-refractivity contribution < 1.29 is 17.7 Å². The Morgan fingerprint density at radius 3 is 2.21 bits per heavy atom. The van der Waals surface area contributed by atoms with Crippen LogP contribution in [0.1, 0.15) is 27.2 Å². The Kier molecular flexibility index (Phi) is 7.70. The van der Waals surface area contributed by atoms with Crippen molar-refractivity contribution in [3.05, 3.63) is 48.9 Å². The summed E-state index contributed by atoms with van der Waals surface area (Å²) in [6, 6.07) is 0. The van der Waals surface area contributed by atoms with E-state index >= 15 is 0 Å². The van der Waals surface area contributed by atoms with Gasteiger partial charge in [0.15, 0.2) is 0 Å². The summed E-state index contributed by atoms with van der Waals surface area (Å²) in [6.07, 6.45) is 4.56. The monoisotopic (exact) mass is 470 g/mol. The fourth-order valence-electron chi connectivity index (χ4n) is 3.39. The van der Waals surface area contributed by atoms with E-state index in [4.69, 9.17) is 17.7 Å². The van der Waals surface area contributed by atoms with Crippen molar-refractivity contribution in [2.24, 2.45) is 0 Å². The fourth-order valence-corrected chi connectivity index (χ4v) is 14.7. The largest absolute Gasteiger partial charge is 0.547 e. The normalized spacial score (nSPS) is 27.2. The molecule has 0 N–H and O–H groups in total. The molecule has 0 saturated heterocycles. The highest BCUT2D eigenvalue weighted by Crippen LogP contribution is 2.41. The van der Waals surface area contributed by atoms with Crippen LogP contribution in [0.4, 0.5) is 0 Å². The molecule has 1 aliphatic heterocycles. The molecule has 0 aromatic rings. The molecule has 3 atom stereocenters. The molecule has 0 aromatic heterocycles. The predicted octanol–water partition coefficient (Wildman–Crippen LogP) is 6.28. The second-order valence-corrected chi connectivity index (χ2v) is 25.6. The second-order valence-electron chi connectivity index (χ2n) is 9.97. The van der Waals surface area contributed by atoms with E-state index in [1.807, 2.05) is 5.70 Å². The van der Waals surface area contributed by atoms with Gasteiger partial charge >= 0.3 is 0 Å². The molecule has 1 aliphatic rings.